The number of ether oxygens (including phenoxy) is 2. The molecule has 0 radical (unpaired) electrons. The van der Waals surface area contributed by atoms with Crippen molar-refractivity contribution in [3.8, 4) is 0 Å². The fourth-order valence-electron chi connectivity index (χ4n) is 1.66. The second kappa shape index (κ2) is 6.38. The lowest BCUT2D eigenvalue weighted by atomic mass is 9.89. The van der Waals surface area contributed by atoms with E-state index in [2.05, 4.69) is 13.8 Å². The Balaban J connectivity index is 4.21. The maximum Gasteiger partial charge on any atom is 0.0846 e. The molecule has 0 spiro atoms. The van der Waals surface area contributed by atoms with Gasteiger partial charge in [-0.15, -0.1) is 0 Å². The van der Waals surface area contributed by atoms with Gasteiger partial charge >= 0.3 is 0 Å². The van der Waals surface area contributed by atoms with Gasteiger partial charge in [-0.2, -0.15) is 0 Å². The Morgan fingerprint density at radius 2 is 1.71 bits per heavy atom. The van der Waals surface area contributed by atoms with E-state index in [1.54, 1.807) is 7.11 Å². The average molecular weight is 203 g/mol. The van der Waals surface area contributed by atoms with Crippen LogP contribution < -0.4 is 5.73 Å². The first-order valence-electron chi connectivity index (χ1n) is 5.44. The molecule has 2 N–H and O–H groups in total. The molecule has 0 aliphatic carbocycles. The maximum atomic E-state index is 6.08. The normalized spacial score (nSPS) is 14.8. The first-order chi connectivity index (χ1) is 6.52. The Hall–Kier alpha value is -0.120. The summed E-state index contributed by atoms with van der Waals surface area (Å²) in [7, 11) is 1.72. The van der Waals surface area contributed by atoms with E-state index in [0.717, 1.165) is 12.8 Å². The van der Waals surface area contributed by atoms with Crippen LogP contribution in [0.5, 0.6) is 0 Å². The largest absolute Gasteiger partial charge is 0.377 e. The third-order valence-electron chi connectivity index (χ3n) is 2.89. The van der Waals surface area contributed by atoms with Crippen molar-refractivity contribution in [3.05, 3.63) is 0 Å². The lowest BCUT2D eigenvalue weighted by Gasteiger charge is -2.36. The van der Waals surface area contributed by atoms with Crippen molar-refractivity contribution in [1.29, 1.82) is 0 Å². The number of nitrogens with two attached hydrogens (primary N) is 1. The highest BCUT2D eigenvalue weighted by Gasteiger charge is 2.33. The summed E-state index contributed by atoms with van der Waals surface area (Å²) < 4.78 is 11.0. The molecule has 0 aliphatic heterocycles. The Kier molecular flexibility index (Phi) is 6.33. The molecule has 0 rings (SSSR count). The number of rotatable bonds is 7. The molecule has 1 atom stereocenters. The number of hydrogen-bond acceptors (Lipinski definition) is 3. The van der Waals surface area contributed by atoms with Crippen molar-refractivity contribution in [3.63, 3.8) is 0 Å². The molecule has 0 aliphatic rings. The van der Waals surface area contributed by atoms with E-state index in [9.17, 15) is 0 Å². The second-order valence-corrected chi connectivity index (χ2v) is 3.96. The molecule has 0 saturated carbocycles. The minimum Gasteiger partial charge on any atom is -0.377 e. The molecular weight excluding hydrogens is 178 g/mol. The summed E-state index contributed by atoms with van der Waals surface area (Å²) in [6, 6.07) is -0.0510. The smallest absolute Gasteiger partial charge is 0.0846 e. The van der Waals surface area contributed by atoms with Gasteiger partial charge in [-0.25, -0.2) is 0 Å². The standard InChI is InChI=1S/C11H25NO2/c1-6-11(7-2,13-5)10(12)8-14-9(3)4/h9-10H,6-8,12H2,1-5H3. The van der Waals surface area contributed by atoms with E-state index in [1.807, 2.05) is 13.8 Å². The molecule has 3 nitrogen and oxygen atoms in total. The van der Waals surface area contributed by atoms with E-state index >= 15 is 0 Å². The van der Waals surface area contributed by atoms with Crippen LogP contribution in [-0.4, -0.2) is 31.5 Å². The predicted octanol–water partition coefficient (Wildman–Crippen LogP) is 1.94. The fourth-order valence-corrected chi connectivity index (χ4v) is 1.66. The van der Waals surface area contributed by atoms with Crippen LogP contribution in [0.25, 0.3) is 0 Å². The lowest BCUT2D eigenvalue weighted by molar-refractivity contribution is -0.0656. The topological polar surface area (TPSA) is 44.5 Å². The Labute approximate surface area is 88.0 Å². The van der Waals surface area contributed by atoms with Crippen LogP contribution in [0, 0.1) is 0 Å². The zero-order chi connectivity index (χ0) is 11.2. The van der Waals surface area contributed by atoms with Crippen LogP contribution in [0.15, 0.2) is 0 Å². The minimum absolute atomic E-state index is 0.0510. The molecule has 1 unspecified atom stereocenters. The van der Waals surface area contributed by atoms with Crippen LogP contribution in [0.4, 0.5) is 0 Å². The molecule has 3 heteroatoms. The summed E-state index contributed by atoms with van der Waals surface area (Å²) in [5, 5.41) is 0. The van der Waals surface area contributed by atoms with Gasteiger partial charge in [0.25, 0.3) is 0 Å². The van der Waals surface area contributed by atoms with E-state index in [4.69, 9.17) is 15.2 Å². The highest BCUT2D eigenvalue weighted by Crippen LogP contribution is 2.23. The van der Waals surface area contributed by atoms with Gasteiger partial charge in [-0.05, 0) is 26.7 Å². The monoisotopic (exact) mass is 203 g/mol. The number of hydrogen-bond donors (Lipinski definition) is 1. The van der Waals surface area contributed by atoms with Gasteiger partial charge in [0, 0.05) is 7.11 Å². The fraction of sp³-hybridized carbons (Fsp3) is 1.00. The summed E-state index contributed by atoms with van der Waals surface area (Å²) >= 11 is 0. The molecule has 0 fully saturated rings. The van der Waals surface area contributed by atoms with Crippen LogP contribution in [-0.2, 0) is 9.47 Å². The molecule has 0 aromatic carbocycles. The zero-order valence-corrected chi connectivity index (χ0v) is 10.2. The SMILES string of the molecule is CCC(CC)(OC)C(N)COC(C)C. The Morgan fingerprint density at radius 1 is 1.21 bits per heavy atom. The van der Waals surface area contributed by atoms with Gasteiger partial charge in [-0.3, -0.25) is 0 Å². The van der Waals surface area contributed by atoms with Crippen LogP contribution in [0.3, 0.4) is 0 Å². The van der Waals surface area contributed by atoms with Crippen molar-refractivity contribution < 1.29 is 9.47 Å². The van der Waals surface area contributed by atoms with Crippen molar-refractivity contribution in [2.24, 2.45) is 5.73 Å². The summed E-state index contributed by atoms with van der Waals surface area (Å²) in [6.45, 7) is 8.79. The van der Waals surface area contributed by atoms with E-state index < -0.39 is 0 Å². The van der Waals surface area contributed by atoms with Gasteiger partial charge in [0.1, 0.15) is 0 Å². The van der Waals surface area contributed by atoms with Crippen LogP contribution in [0.1, 0.15) is 40.5 Å². The summed E-state index contributed by atoms with van der Waals surface area (Å²) in [4.78, 5) is 0. The second-order valence-electron chi connectivity index (χ2n) is 3.96. The van der Waals surface area contributed by atoms with Crippen molar-refractivity contribution in [2.45, 2.75) is 58.3 Å². The van der Waals surface area contributed by atoms with E-state index in [-0.39, 0.29) is 17.7 Å². The van der Waals surface area contributed by atoms with Gasteiger partial charge in [0.2, 0.25) is 0 Å². The van der Waals surface area contributed by atoms with Crippen molar-refractivity contribution >= 4 is 0 Å². The quantitative estimate of drug-likeness (QED) is 0.687. The highest BCUT2D eigenvalue weighted by molar-refractivity contribution is 4.89. The maximum absolute atomic E-state index is 6.08. The third kappa shape index (κ3) is 3.56. The zero-order valence-electron chi connectivity index (χ0n) is 10.2. The van der Waals surface area contributed by atoms with E-state index in [1.165, 1.54) is 0 Å². The predicted molar refractivity (Wildman–Crippen MR) is 59.4 cm³/mol. The summed E-state index contributed by atoms with van der Waals surface area (Å²) in [5.41, 5.74) is 5.86. The average Bonchev–Trinajstić information content (AvgIpc) is 2.18. The third-order valence-corrected chi connectivity index (χ3v) is 2.89. The first-order valence-corrected chi connectivity index (χ1v) is 5.44. The van der Waals surface area contributed by atoms with Crippen molar-refractivity contribution in [2.75, 3.05) is 13.7 Å². The summed E-state index contributed by atoms with van der Waals surface area (Å²) in [5.74, 6) is 0. The number of methoxy groups -OCH3 is 1. The lowest BCUT2D eigenvalue weighted by Crippen LogP contribution is -2.51. The molecule has 0 saturated heterocycles. The Morgan fingerprint density at radius 3 is 2.00 bits per heavy atom. The highest BCUT2D eigenvalue weighted by atomic mass is 16.5. The van der Waals surface area contributed by atoms with Gasteiger partial charge in [0.05, 0.1) is 24.4 Å². The molecule has 14 heavy (non-hydrogen) atoms. The van der Waals surface area contributed by atoms with Crippen LogP contribution >= 0.6 is 0 Å². The molecule has 0 aromatic heterocycles. The molecule has 0 aromatic rings. The first kappa shape index (κ1) is 13.9. The van der Waals surface area contributed by atoms with E-state index in [0.29, 0.717) is 6.61 Å². The molecule has 86 valence electrons. The Bertz CT molecular complexity index is 136. The molecule has 0 heterocycles. The molecule has 0 bridgehead atoms. The summed E-state index contributed by atoms with van der Waals surface area (Å²) in [6.07, 6.45) is 2.06. The van der Waals surface area contributed by atoms with Gasteiger partial charge < -0.3 is 15.2 Å². The van der Waals surface area contributed by atoms with Crippen LogP contribution in [0.2, 0.25) is 0 Å². The van der Waals surface area contributed by atoms with Gasteiger partial charge in [-0.1, -0.05) is 13.8 Å². The minimum atomic E-state index is -0.227. The van der Waals surface area contributed by atoms with Crippen molar-refractivity contribution in [1.82, 2.24) is 0 Å². The molecular formula is C11H25NO2. The molecule has 0 amide bonds. The van der Waals surface area contributed by atoms with Gasteiger partial charge in [0.15, 0.2) is 0 Å².